The zero-order valence-electron chi connectivity index (χ0n) is 18.3. The van der Waals surface area contributed by atoms with Crippen LogP contribution in [-0.2, 0) is 25.9 Å². The lowest BCUT2D eigenvalue weighted by Gasteiger charge is -2.31. The maximum atomic E-state index is 12.0. The van der Waals surface area contributed by atoms with Crippen molar-refractivity contribution < 1.29 is 22.7 Å². The van der Waals surface area contributed by atoms with Gasteiger partial charge in [-0.2, -0.15) is 0 Å². The summed E-state index contributed by atoms with van der Waals surface area (Å²) < 4.78 is 35.2. The fraction of sp³-hybridized carbons (Fsp3) is 0.682. The molecule has 0 bridgehead atoms. The first-order valence-electron chi connectivity index (χ1n) is 10.9. The van der Waals surface area contributed by atoms with E-state index in [1.165, 1.54) is 0 Å². The summed E-state index contributed by atoms with van der Waals surface area (Å²) in [6.45, 7) is 5.36. The number of sulfone groups is 1. The summed E-state index contributed by atoms with van der Waals surface area (Å²) >= 11 is 0. The van der Waals surface area contributed by atoms with Gasteiger partial charge in [-0.25, -0.2) is 8.42 Å². The summed E-state index contributed by atoms with van der Waals surface area (Å²) in [6, 6.07) is 8.07. The van der Waals surface area contributed by atoms with Crippen LogP contribution < -0.4 is 10.1 Å². The van der Waals surface area contributed by atoms with Crippen molar-refractivity contribution in [2.24, 2.45) is 0 Å². The van der Waals surface area contributed by atoms with Crippen molar-refractivity contribution in [3.8, 4) is 5.75 Å². The minimum atomic E-state index is -3.34. The van der Waals surface area contributed by atoms with Gasteiger partial charge in [0.15, 0.2) is 9.84 Å². The number of rotatable bonds is 13. The van der Waals surface area contributed by atoms with Gasteiger partial charge in [-0.1, -0.05) is 31.9 Å². The molecule has 1 heterocycles. The normalized spacial score (nSPS) is 15.3. The summed E-state index contributed by atoms with van der Waals surface area (Å²) in [5.41, 5.74) is 0.877. The topological polar surface area (TPSA) is 84.9 Å². The highest BCUT2D eigenvalue weighted by Gasteiger charge is 2.18. The zero-order valence-corrected chi connectivity index (χ0v) is 19.1. The van der Waals surface area contributed by atoms with Crippen molar-refractivity contribution >= 4 is 15.7 Å². The molecule has 1 aliphatic heterocycles. The van der Waals surface area contributed by atoms with E-state index in [9.17, 15) is 13.2 Å². The van der Waals surface area contributed by atoms with Gasteiger partial charge in [0, 0.05) is 32.3 Å². The molecule has 1 aromatic rings. The number of benzene rings is 1. The standard InChI is InChI=1S/C22H36N2O5S/c1-3-4-5-15-30(26,27)18-22(25)23-17-19-7-6-8-21(16-19)29-14-11-24(2)20-9-12-28-13-10-20/h6-8,16,20H,3-5,9-15,17-18H2,1-2H3,(H,23,25). The minimum absolute atomic E-state index is 0.0694. The minimum Gasteiger partial charge on any atom is -0.492 e. The van der Waals surface area contributed by atoms with Gasteiger partial charge < -0.3 is 14.8 Å². The molecule has 1 aliphatic rings. The molecule has 1 N–H and O–H groups in total. The van der Waals surface area contributed by atoms with Gasteiger partial charge in [0.25, 0.3) is 0 Å². The van der Waals surface area contributed by atoms with Crippen LogP contribution in [0.5, 0.6) is 5.75 Å². The van der Waals surface area contributed by atoms with E-state index in [2.05, 4.69) is 17.3 Å². The molecule has 0 atom stereocenters. The Bertz CT molecular complexity index is 748. The van der Waals surface area contributed by atoms with E-state index >= 15 is 0 Å². The van der Waals surface area contributed by atoms with Gasteiger partial charge in [0.2, 0.25) is 5.91 Å². The van der Waals surface area contributed by atoms with Crippen molar-refractivity contribution in [1.29, 1.82) is 0 Å². The van der Waals surface area contributed by atoms with E-state index in [0.29, 0.717) is 19.1 Å². The summed E-state index contributed by atoms with van der Waals surface area (Å²) in [5.74, 6) is -0.101. The molecule has 0 radical (unpaired) electrons. The number of likely N-dealkylation sites (N-methyl/N-ethyl adjacent to an activating group) is 1. The Kier molecular flexibility index (Phi) is 10.6. The third-order valence-electron chi connectivity index (χ3n) is 5.32. The predicted molar refractivity (Wildman–Crippen MR) is 118 cm³/mol. The Morgan fingerprint density at radius 2 is 2.03 bits per heavy atom. The van der Waals surface area contributed by atoms with Gasteiger partial charge >= 0.3 is 0 Å². The van der Waals surface area contributed by atoms with Gasteiger partial charge in [-0.15, -0.1) is 0 Å². The average Bonchev–Trinajstić information content (AvgIpc) is 2.73. The molecule has 1 amide bonds. The van der Waals surface area contributed by atoms with Crippen LogP contribution >= 0.6 is 0 Å². The SMILES string of the molecule is CCCCCS(=O)(=O)CC(=O)NCc1cccc(OCCN(C)C2CCOCC2)c1. The first-order chi connectivity index (χ1) is 14.4. The quantitative estimate of drug-likeness (QED) is 0.474. The number of nitrogens with zero attached hydrogens (tertiary/aromatic N) is 1. The number of amides is 1. The van der Waals surface area contributed by atoms with Crippen LogP contribution in [0.25, 0.3) is 0 Å². The molecule has 0 unspecified atom stereocenters. The number of ether oxygens (including phenoxy) is 2. The van der Waals surface area contributed by atoms with Crippen LogP contribution in [0.1, 0.15) is 44.6 Å². The Labute approximate surface area is 181 Å². The molecule has 0 spiro atoms. The third kappa shape index (κ3) is 9.45. The maximum absolute atomic E-state index is 12.0. The van der Waals surface area contributed by atoms with Gasteiger partial charge in [0.05, 0.1) is 5.75 Å². The van der Waals surface area contributed by atoms with Gasteiger partial charge in [0.1, 0.15) is 18.1 Å². The van der Waals surface area contributed by atoms with Crippen molar-refractivity contribution in [2.45, 2.75) is 51.6 Å². The monoisotopic (exact) mass is 440 g/mol. The average molecular weight is 441 g/mol. The van der Waals surface area contributed by atoms with Crippen LogP contribution in [0.2, 0.25) is 0 Å². The molecule has 0 aliphatic carbocycles. The molecular weight excluding hydrogens is 404 g/mol. The number of carbonyl (C=O) groups is 1. The maximum Gasteiger partial charge on any atom is 0.235 e. The Balaban J connectivity index is 1.72. The predicted octanol–water partition coefficient (Wildman–Crippen LogP) is 2.40. The number of hydrogen-bond donors (Lipinski definition) is 1. The van der Waals surface area contributed by atoms with Crippen LogP contribution in [0.4, 0.5) is 0 Å². The van der Waals surface area contributed by atoms with E-state index in [1.807, 2.05) is 31.2 Å². The lowest BCUT2D eigenvalue weighted by atomic mass is 10.1. The van der Waals surface area contributed by atoms with Crippen LogP contribution in [0.15, 0.2) is 24.3 Å². The first-order valence-corrected chi connectivity index (χ1v) is 12.7. The number of unbranched alkanes of at least 4 members (excludes halogenated alkanes) is 2. The van der Waals surface area contributed by atoms with E-state index < -0.39 is 21.5 Å². The number of carbonyl (C=O) groups excluding carboxylic acids is 1. The molecule has 0 saturated carbocycles. The molecule has 1 saturated heterocycles. The van der Waals surface area contributed by atoms with Crippen molar-refractivity contribution in [1.82, 2.24) is 10.2 Å². The van der Waals surface area contributed by atoms with E-state index in [-0.39, 0.29) is 12.3 Å². The molecule has 0 aromatic heterocycles. The van der Waals surface area contributed by atoms with Crippen molar-refractivity contribution in [2.75, 3.05) is 44.9 Å². The Morgan fingerprint density at radius 1 is 1.27 bits per heavy atom. The van der Waals surface area contributed by atoms with E-state index in [4.69, 9.17) is 9.47 Å². The summed E-state index contributed by atoms with van der Waals surface area (Å²) in [5, 5.41) is 2.70. The molecule has 30 heavy (non-hydrogen) atoms. The second-order valence-electron chi connectivity index (χ2n) is 7.90. The van der Waals surface area contributed by atoms with Crippen LogP contribution in [0.3, 0.4) is 0 Å². The molecule has 7 nitrogen and oxygen atoms in total. The highest BCUT2D eigenvalue weighted by molar-refractivity contribution is 7.92. The highest BCUT2D eigenvalue weighted by Crippen LogP contribution is 2.15. The summed E-state index contributed by atoms with van der Waals surface area (Å²) in [6.07, 6.45) is 4.53. The lowest BCUT2D eigenvalue weighted by Crippen LogP contribution is -2.38. The van der Waals surface area contributed by atoms with Crippen molar-refractivity contribution in [3.63, 3.8) is 0 Å². The van der Waals surface area contributed by atoms with Crippen LogP contribution in [-0.4, -0.2) is 70.2 Å². The zero-order chi connectivity index (χ0) is 21.8. The third-order valence-corrected chi connectivity index (χ3v) is 6.94. The molecule has 170 valence electrons. The highest BCUT2D eigenvalue weighted by atomic mass is 32.2. The second kappa shape index (κ2) is 12.9. The summed E-state index contributed by atoms with van der Waals surface area (Å²) in [4.78, 5) is 14.3. The molecular formula is C22H36N2O5S. The smallest absolute Gasteiger partial charge is 0.235 e. The lowest BCUT2D eigenvalue weighted by molar-refractivity contribution is -0.118. The Morgan fingerprint density at radius 3 is 2.77 bits per heavy atom. The first kappa shape index (κ1) is 24.6. The van der Waals surface area contributed by atoms with Crippen molar-refractivity contribution in [3.05, 3.63) is 29.8 Å². The van der Waals surface area contributed by atoms with Crippen LogP contribution in [0, 0.1) is 0 Å². The fourth-order valence-electron chi connectivity index (χ4n) is 3.46. The van der Waals surface area contributed by atoms with Gasteiger partial charge in [-0.3, -0.25) is 9.69 Å². The van der Waals surface area contributed by atoms with E-state index in [1.54, 1.807) is 0 Å². The number of nitrogens with one attached hydrogen (secondary N) is 1. The molecule has 8 heteroatoms. The molecule has 1 aromatic carbocycles. The molecule has 1 fully saturated rings. The fourth-order valence-corrected chi connectivity index (χ4v) is 4.75. The largest absolute Gasteiger partial charge is 0.492 e. The summed E-state index contributed by atoms with van der Waals surface area (Å²) in [7, 11) is -1.23. The number of hydrogen-bond acceptors (Lipinski definition) is 6. The molecule has 2 rings (SSSR count). The Hall–Kier alpha value is -1.64. The van der Waals surface area contributed by atoms with E-state index in [0.717, 1.165) is 56.8 Å². The van der Waals surface area contributed by atoms with Gasteiger partial charge in [-0.05, 0) is 44.0 Å². The second-order valence-corrected chi connectivity index (χ2v) is 10.1.